The molecule has 0 amide bonds. The number of nitrogens with zero attached hydrogens (tertiary/aromatic N) is 3. The van der Waals surface area contributed by atoms with Gasteiger partial charge < -0.3 is 0 Å². The summed E-state index contributed by atoms with van der Waals surface area (Å²) < 4.78 is 64.9. The summed E-state index contributed by atoms with van der Waals surface area (Å²) in [4.78, 5) is 7.68. The Bertz CT molecular complexity index is 1020. The van der Waals surface area contributed by atoms with Crippen molar-refractivity contribution < 1.29 is 21.6 Å². The molecule has 0 fully saturated rings. The summed E-state index contributed by atoms with van der Waals surface area (Å²) in [6.45, 7) is -0.0520. The van der Waals surface area contributed by atoms with Crippen LogP contribution in [0.2, 0.25) is 0 Å². The van der Waals surface area contributed by atoms with Crippen LogP contribution in [0.3, 0.4) is 0 Å². The van der Waals surface area contributed by atoms with Gasteiger partial charge >= 0.3 is 6.18 Å². The van der Waals surface area contributed by atoms with E-state index in [0.29, 0.717) is 17.7 Å². The van der Waals surface area contributed by atoms with E-state index < -0.39 is 26.7 Å². The molecule has 0 aliphatic rings. The van der Waals surface area contributed by atoms with Gasteiger partial charge in [0, 0.05) is 30.9 Å². The second-order valence-electron chi connectivity index (χ2n) is 5.51. The topological polar surface area (TPSA) is 101 Å². The molecular formula is C16H14F3N5O2S. The number of halogens is 3. The summed E-state index contributed by atoms with van der Waals surface area (Å²) >= 11 is 0. The average Bonchev–Trinajstić information content (AvgIpc) is 3.11. The normalized spacial score (nSPS) is 12.3. The first-order valence-corrected chi connectivity index (χ1v) is 9.23. The van der Waals surface area contributed by atoms with E-state index in [0.717, 1.165) is 23.8 Å². The molecule has 0 aliphatic heterocycles. The molecule has 3 rings (SSSR count). The minimum Gasteiger partial charge on any atom is -0.265 e. The zero-order valence-electron chi connectivity index (χ0n) is 13.7. The van der Waals surface area contributed by atoms with E-state index in [-0.39, 0.29) is 13.0 Å². The third kappa shape index (κ3) is 4.68. The van der Waals surface area contributed by atoms with Crippen LogP contribution in [-0.2, 0) is 22.6 Å². The lowest BCUT2D eigenvalue weighted by Crippen LogP contribution is -2.26. The van der Waals surface area contributed by atoms with Gasteiger partial charge in [-0.25, -0.2) is 18.1 Å². The number of nitrogens with one attached hydrogen (secondary N) is 2. The van der Waals surface area contributed by atoms with Crippen molar-refractivity contribution >= 4 is 10.0 Å². The number of H-pyrrole nitrogens is 1. The lowest BCUT2D eigenvalue weighted by atomic mass is 10.2. The molecule has 0 radical (unpaired) electrons. The van der Waals surface area contributed by atoms with Crippen LogP contribution in [0.5, 0.6) is 0 Å². The Labute approximate surface area is 152 Å². The van der Waals surface area contributed by atoms with Gasteiger partial charge in [-0.2, -0.15) is 18.3 Å². The van der Waals surface area contributed by atoms with Crippen LogP contribution in [0.4, 0.5) is 13.2 Å². The van der Waals surface area contributed by atoms with E-state index in [1.54, 1.807) is 24.5 Å². The van der Waals surface area contributed by atoms with Crippen molar-refractivity contribution in [2.45, 2.75) is 17.5 Å². The predicted molar refractivity (Wildman–Crippen MR) is 90.0 cm³/mol. The fourth-order valence-electron chi connectivity index (χ4n) is 2.26. The van der Waals surface area contributed by atoms with Crippen molar-refractivity contribution in [2.24, 2.45) is 0 Å². The van der Waals surface area contributed by atoms with Crippen LogP contribution >= 0.6 is 0 Å². The number of rotatable bonds is 6. The summed E-state index contributed by atoms with van der Waals surface area (Å²) in [5, 5.41) is 6.73. The van der Waals surface area contributed by atoms with Gasteiger partial charge in [-0.3, -0.25) is 10.1 Å². The maximum Gasteiger partial charge on any atom is 0.416 e. The lowest BCUT2D eigenvalue weighted by molar-refractivity contribution is -0.137. The van der Waals surface area contributed by atoms with Gasteiger partial charge in [0.15, 0.2) is 5.82 Å². The summed E-state index contributed by atoms with van der Waals surface area (Å²) in [5.74, 6) is 0.877. The molecule has 2 aromatic heterocycles. The maximum absolute atomic E-state index is 12.7. The molecule has 0 atom stereocenters. The molecular weight excluding hydrogens is 383 g/mol. The molecule has 3 aromatic rings. The van der Waals surface area contributed by atoms with Crippen LogP contribution in [0.15, 0.2) is 53.7 Å². The Balaban J connectivity index is 1.64. The SMILES string of the molecule is O=S(=O)(NCCc1nc(-c2ccncc2)n[nH]1)c1cccc(C(F)(F)F)c1. The molecule has 0 saturated heterocycles. The van der Waals surface area contributed by atoms with Crippen molar-refractivity contribution in [1.29, 1.82) is 0 Å². The van der Waals surface area contributed by atoms with Crippen LogP contribution in [0.25, 0.3) is 11.4 Å². The third-order valence-corrected chi connectivity index (χ3v) is 5.05. The number of hydrogen-bond acceptors (Lipinski definition) is 5. The molecule has 142 valence electrons. The number of sulfonamides is 1. The molecule has 0 bridgehead atoms. The Morgan fingerprint density at radius 1 is 1.11 bits per heavy atom. The molecule has 0 spiro atoms. The first kappa shape index (κ1) is 19.0. The van der Waals surface area contributed by atoms with Crippen molar-refractivity contribution in [3.05, 3.63) is 60.2 Å². The second kappa shape index (κ2) is 7.45. The molecule has 0 aliphatic carbocycles. The fraction of sp³-hybridized carbons (Fsp3) is 0.188. The van der Waals surface area contributed by atoms with Crippen LogP contribution in [0.1, 0.15) is 11.4 Å². The Kier molecular flexibility index (Phi) is 5.24. The summed E-state index contributed by atoms with van der Waals surface area (Å²) in [6, 6.07) is 7.02. The zero-order valence-corrected chi connectivity index (χ0v) is 14.5. The third-order valence-electron chi connectivity index (χ3n) is 3.60. The molecule has 1 aromatic carbocycles. The number of alkyl halides is 3. The minimum atomic E-state index is -4.62. The van der Waals surface area contributed by atoms with Gasteiger partial charge in [0.25, 0.3) is 0 Å². The molecule has 0 saturated carbocycles. The smallest absolute Gasteiger partial charge is 0.265 e. The van der Waals surface area contributed by atoms with E-state index in [1.165, 1.54) is 0 Å². The van der Waals surface area contributed by atoms with Crippen LogP contribution in [-0.4, -0.2) is 35.1 Å². The first-order valence-electron chi connectivity index (χ1n) is 7.74. The molecule has 27 heavy (non-hydrogen) atoms. The van der Waals surface area contributed by atoms with Crippen LogP contribution in [0, 0.1) is 0 Å². The Hall–Kier alpha value is -2.79. The monoisotopic (exact) mass is 397 g/mol. The van der Waals surface area contributed by atoms with Crippen molar-refractivity contribution in [1.82, 2.24) is 24.9 Å². The molecule has 0 unspecified atom stereocenters. The summed E-state index contributed by atoms with van der Waals surface area (Å²) in [6.07, 6.45) is -1.24. The average molecular weight is 397 g/mol. The van der Waals surface area contributed by atoms with Gasteiger partial charge in [-0.15, -0.1) is 0 Å². The molecule has 2 heterocycles. The van der Waals surface area contributed by atoms with Gasteiger partial charge in [-0.1, -0.05) is 6.07 Å². The van der Waals surface area contributed by atoms with Gasteiger partial charge in [0.05, 0.1) is 10.5 Å². The van der Waals surface area contributed by atoms with Crippen LogP contribution < -0.4 is 4.72 Å². The highest BCUT2D eigenvalue weighted by Gasteiger charge is 2.31. The van der Waals surface area contributed by atoms with E-state index in [2.05, 4.69) is 24.9 Å². The van der Waals surface area contributed by atoms with E-state index >= 15 is 0 Å². The minimum absolute atomic E-state index is 0.0520. The van der Waals surface area contributed by atoms with Gasteiger partial charge in [0.2, 0.25) is 10.0 Å². The van der Waals surface area contributed by atoms with Crippen molar-refractivity contribution in [3.63, 3.8) is 0 Å². The van der Waals surface area contributed by atoms with E-state index in [9.17, 15) is 21.6 Å². The summed E-state index contributed by atoms with van der Waals surface area (Å²) in [5.41, 5.74) is -0.278. The molecule has 7 nitrogen and oxygen atoms in total. The Morgan fingerprint density at radius 2 is 1.85 bits per heavy atom. The highest BCUT2D eigenvalue weighted by molar-refractivity contribution is 7.89. The summed E-state index contributed by atoms with van der Waals surface area (Å²) in [7, 11) is -4.08. The maximum atomic E-state index is 12.7. The highest BCUT2D eigenvalue weighted by atomic mass is 32.2. The quantitative estimate of drug-likeness (QED) is 0.665. The standard InChI is InChI=1S/C16H14F3N5O2S/c17-16(18,19)12-2-1-3-13(10-12)27(25,26)21-9-6-14-22-15(24-23-14)11-4-7-20-8-5-11/h1-5,7-8,10,21H,6,9H2,(H,22,23,24). The molecule has 2 N–H and O–H groups in total. The Morgan fingerprint density at radius 3 is 2.56 bits per heavy atom. The lowest BCUT2D eigenvalue weighted by Gasteiger charge is -2.10. The highest BCUT2D eigenvalue weighted by Crippen LogP contribution is 2.30. The molecule has 11 heteroatoms. The number of aromatic nitrogens is 4. The predicted octanol–water partition coefficient (Wildman–Crippen LogP) is 2.41. The number of pyridine rings is 1. The van der Waals surface area contributed by atoms with Crippen molar-refractivity contribution in [2.75, 3.05) is 6.54 Å². The van der Waals surface area contributed by atoms with E-state index in [1.807, 2.05) is 0 Å². The second-order valence-corrected chi connectivity index (χ2v) is 7.28. The first-order chi connectivity index (χ1) is 12.8. The number of hydrogen-bond donors (Lipinski definition) is 2. The van der Waals surface area contributed by atoms with Gasteiger partial charge in [-0.05, 0) is 30.3 Å². The van der Waals surface area contributed by atoms with Crippen molar-refractivity contribution in [3.8, 4) is 11.4 Å². The van der Waals surface area contributed by atoms with E-state index in [4.69, 9.17) is 0 Å². The fourth-order valence-corrected chi connectivity index (χ4v) is 3.34. The zero-order chi connectivity index (χ0) is 19.5. The largest absolute Gasteiger partial charge is 0.416 e. The number of benzene rings is 1. The number of aromatic amines is 1. The van der Waals surface area contributed by atoms with Gasteiger partial charge in [0.1, 0.15) is 5.82 Å².